The van der Waals surface area contributed by atoms with Gasteiger partial charge in [0.15, 0.2) is 0 Å². The van der Waals surface area contributed by atoms with E-state index in [9.17, 15) is 0 Å². The molecule has 0 radical (unpaired) electrons. The van der Waals surface area contributed by atoms with Gasteiger partial charge in [0.25, 0.3) is 0 Å². The monoisotopic (exact) mass is 167 g/mol. The molecule has 0 aliphatic carbocycles. The van der Waals surface area contributed by atoms with Gasteiger partial charge in [-0.25, -0.2) is 0 Å². The summed E-state index contributed by atoms with van der Waals surface area (Å²) in [5.41, 5.74) is 7.36. The largest absolute Gasteiger partial charge is 0.375 e. The molecule has 12 heavy (non-hydrogen) atoms. The quantitative estimate of drug-likeness (QED) is 0.496. The van der Waals surface area contributed by atoms with Crippen molar-refractivity contribution in [2.45, 2.75) is 27.0 Å². The van der Waals surface area contributed by atoms with Gasteiger partial charge in [0.1, 0.15) is 6.23 Å². The second kappa shape index (κ2) is 5.75. The van der Waals surface area contributed by atoms with Crippen LogP contribution in [-0.4, -0.2) is 11.3 Å². The molecule has 0 heterocycles. The SMILES string of the molecule is CC(C)=C/C=C/C(C)=C/C(N)O. The summed E-state index contributed by atoms with van der Waals surface area (Å²) in [6.45, 7) is 5.95. The Morgan fingerprint density at radius 1 is 1.33 bits per heavy atom. The van der Waals surface area contributed by atoms with Gasteiger partial charge < -0.3 is 10.8 Å². The van der Waals surface area contributed by atoms with Gasteiger partial charge in [-0.05, 0) is 26.8 Å². The maximum absolute atomic E-state index is 8.78. The molecule has 0 saturated carbocycles. The number of hydrogen-bond donors (Lipinski definition) is 2. The summed E-state index contributed by atoms with van der Waals surface area (Å²) < 4.78 is 0. The molecule has 0 rings (SSSR count). The van der Waals surface area contributed by atoms with Crippen molar-refractivity contribution in [1.82, 2.24) is 0 Å². The smallest absolute Gasteiger partial charge is 0.122 e. The highest BCUT2D eigenvalue weighted by Crippen LogP contribution is 1.97. The van der Waals surface area contributed by atoms with Gasteiger partial charge in [-0.3, -0.25) is 0 Å². The van der Waals surface area contributed by atoms with Crippen molar-refractivity contribution in [2.24, 2.45) is 5.73 Å². The van der Waals surface area contributed by atoms with Crippen LogP contribution in [0.15, 0.2) is 35.5 Å². The van der Waals surface area contributed by atoms with E-state index in [2.05, 4.69) is 0 Å². The molecule has 0 amide bonds. The van der Waals surface area contributed by atoms with Crippen molar-refractivity contribution in [3.05, 3.63) is 35.5 Å². The lowest BCUT2D eigenvalue weighted by Crippen LogP contribution is -2.15. The molecular formula is C10H17NO. The zero-order chi connectivity index (χ0) is 9.56. The van der Waals surface area contributed by atoms with Crippen molar-refractivity contribution >= 4 is 0 Å². The molecule has 0 bridgehead atoms. The van der Waals surface area contributed by atoms with E-state index in [0.29, 0.717) is 0 Å². The van der Waals surface area contributed by atoms with Crippen LogP contribution in [0, 0.1) is 0 Å². The number of allylic oxidation sites excluding steroid dienone is 5. The van der Waals surface area contributed by atoms with Crippen LogP contribution < -0.4 is 5.73 Å². The fourth-order valence-corrected chi connectivity index (χ4v) is 0.717. The van der Waals surface area contributed by atoms with Gasteiger partial charge in [0.2, 0.25) is 0 Å². The zero-order valence-corrected chi connectivity index (χ0v) is 7.91. The minimum atomic E-state index is -0.860. The lowest BCUT2D eigenvalue weighted by Gasteiger charge is -1.95. The molecule has 1 unspecified atom stereocenters. The Kier molecular flexibility index (Phi) is 5.34. The van der Waals surface area contributed by atoms with Crippen molar-refractivity contribution in [3.8, 4) is 0 Å². The Bertz CT molecular complexity index is 208. The Morgan fingerprint density at radius 2 is 1.92 bits per heavy atom. The Labute approximate surface area is 74.1 Å². The topological polar surface area (TPSA) is 46.2 Å². The summed E-state index contributed by atoms with van der Waals surface area (Å²) in [6.07, 6.45) is 6.57. The molecule has 2 heteroatoms. The van der Waals surface area contributed by atoms with Gasteiger partial charge in [-0.15, -0.1) is 0 Å². The van der Waals surface area contributed by atoms with E-state index in [-0.39, 0.29) is 0 Å². The van der Waals surface area contributed by atoms with Crippen LogP contribution in [0.2, 0.25) is 0 Å². The number of aliphatic hydroxyl groups is 1. The summed E-state index contributed by atoms with van der Waals surface area (Å²) in [5, 5.41) is 8.78. The van der Waals surface area contributed by atoms with Crippen LogP contribution in [0.3, 0.4) is 0 Å². The summed E-state index contributed by atoms with van der Waals surface area (Å²) >= 11 is 0. The highest BCUT2D eigenvalue weighted by molar-refractivity contribution is 5.22. The first kappa shape index (κ1) is 11.1. The molecular weight excluding hydrogens is 150 g/mol. The molecule has 1 atom stereocenters. The first-order chi connectivity index (χ1) is 5.52. The normalized spacial score (nSPS) is 14.9. The summed E-state index contributed by atoms with van der Waals surface area (Å²) in [4.78, 5) is 0. The molecule has 0 aliphatic heterocycles. The van der Waals surface area contributed by atoms with Crippen molar-refractivity contribution in [2.75, 3.05) is 0 Å². The minimum absolute atomic E-state index is 0.860. The molecule has 68 valence electrons. The molecule has 0 saturated heterocycles. The number of nitrogens with two attached hydrogens (primary N) is 1. The maximum atomic E-state index is 8.78. The summed E-state index contributed by atoms with van der Waals surface area (Å²) in [7, 11) is 0. The first-order valence-corrected chi connectivity index (χ1v) is 3.96. The lowest BCUT2D eigenvalue weighted by molar-refractivity contribution is 0.231. The van der Waals surface area contributed by atoms with Gasteiger partial charge in [0.05, 0.1) is 0 Å². The Morgan fingerprint density at radius 3 is 2.33 bits per heavy atom. The van der Waals surface area contributed by atoms with E-state index < -0.39 is 6.23 Å². The van der Waals surface area contributed by atoms with E-state index in [0.717, 1.165) is 5.57 Å². The van der Waals surface area contributed by atoms with Gasteiger partial charge in [0, 0.05) is 0 Å². The van der Waals surface area contributed by atoms with Gasteiger partial charge in [-0.1, -0.05) is 29.4 Å². The first-order valence-electron chi connectivity index (χ1n) is 3.96. The highest BCUT2D eigenvalue weighted by Gasteiger charge is 1.87. The second-order valence-corrected chi connectivity index (χ2v) is 3.00. The van der Waals surface area contributed by atoms with Crippen LogP contribution in [0.5, 0.6) is 0 Å². The van der Waals surface area contributed by atoms with E-state index in [4.69, 9.17) is 10.8 Å². The molecule has 0 aliphatic rings. The van der Waals surface area contributed by atoms with Crippen molar-refractivity contribution < 1.29 is 5.11 Å². The van der Waals surface area contributed by atoms with Crippen LogP contribution in [0.1, 0.15) is 20.8 Å². The second-order valence-electron chi connectivity index (χ2n) is 3.00. The molecule has 2 nitrogen and oxygen atoms in total. The lowest BCUT2D eigenvalue weighted by atomic mass is 10.2. The third kappa shape index (κ3) is 7.25. The van der Waals surface area contributed by atoms with Crippen LogP contribution in [0.4, 0.5) is 0 Å². The van der Waals surface area contributed by atoms with E-state index in [1.54, 1.807) is 6.08 Å². The average molecular weight is 167 g/mol. The Balaban J connectivity index is 4.08. The van der Waals surface area contributed by atoms with Crippen molar-refractivity contribution in [1.29, 1.82) is 0 Å². The fourth-order valence-electron chi connectivity index (χ4n) is 0.717. The fraction of sp³-hybridized carbons (Fsp3) is 0.400. The van der Waals surface area contributed by atoms with Crippen LogP contribution >= 0.6 is 0 Å². The molecule has 3 N–H and O–H groups in total. The summed E-state index contributed by atoms with van der Waals surface area (Å²) in [5.74, 6) is 0. The molecule has 0 aromatic heterocycles. The number of rotatable bonds is 3. The zero-order valence-electron chi connectivity index (χ0n) is 7.91. The molecule has 0 fully saturated rings. The van der Waals surface area contributed by atoms with E-state index >= 15 is 0 Å². The van der Waals surface area contributed by atoms with Crippen LogP contribution in [-0.2, 0) is 0 Å². The molecule has 0 spiro atoms. The summed E-state index contributed by atoms with van der Waals surface area (Å²) in [6, 6.07) is 0. The maximum Gasteiger partial charge on any atom is 0.122 e. The molecule has 0 aromatic carbocycles. The third-order valence-electron chi connectivity index (χ3n) is 1.22. The number of aliphatic hydroxyl groups excluding tert-OH is 1. The molecule has 0 aromatic rings. The highest BCUT2D eigenvalue weighted by atomic mass is 16.3. The predicted octanol–water partition coefficient (Wildman–Crippen LogP) is 1.73. The number of hydrogen-bond acceptors (Lipinski definition) is 2. The van der Waals surface area contributed by atoms with E-state index in [1.165, 1.54) is 5.57 Å². The van der Waals surface area contributed by atoms with Crippen molar-refractivity contribution in [3.63, 3.8) is 0 Å². The predicted molar refractivity (Wildman–Crippen MR) is 52.5 cm³/mol. The van der Waals surface area contributed by atoms with Gasteiger partial charge in [-0.2, -0.15) is 0 Å². The van der Waals surface area contributed by atoms with Gasteiger partial charge >= 0.3 is 0 Å². The Hall–Kier alpha value is -0.860. The van der Waals surface area contributed by atoms with E-state index in [1.807, 2.05) is 39.0 Å². The standard InChI is InChI=1S/C10H17NO/c1-8(2)5-4-6-9(3)7-10(11)12/h4-7,10,12H,11H2,1-3H3/b6-4+,9-7+. The third-order valence-corrected chi connectivity index (χ3v) is 1.22. The average Bonchev–Trinajstić information content (AvgIpc) is 1.84. The van der Waals surface area contributed by atoms with Crippen LogP contribution in [0.25, 0.3) is 0 Å². The minimum Gasteiger partial charge on any atom is -0.375 e.